The van der Waals surface area contributed by atoms with Crippen molar-refractivity contribution >= 4 is 33.3 Å². The molecule has 1 fully saturated rings. The highest BCUT2D eigenvalue weighted by molar-refractivity contribution is 7.18. The highest BCUT2D eigenvalue weighted by Crippen LogP contribution is 2.31. The van der Waals surface area contributed by atoms with E-state index < -0.39 is 0 Å². The maximum absolute atomic E-state index is 12.7. The van der Waals surface area contributed by atoms with Crippen LogP contribution in [0.1, 0.15) is 48.6 Å². The van der Waals surface area contributed by atoms with Crippen LogP contribution in [-0.2, 0) is 11.3 Å². The van der Waals surface area contributed by atoms with Gasteiger partial charge in [-0.3, -0.25) is 14.2 Å². The van der Waals surface area contributed by atoms with Gasteiger partial charge in [0.15, 0.2) is 0 Å². The van der Waals surface area contributed by atoms with Crippen molar-refractivity contribution in [1.82, 2.24) is 19.3 Å². The van der Waals surface area contributed by atoms with E-state index >= 15 is 0 Å². The molecule has 1 aliphatic rings. The van der Waals surface area contributed by atoms with E-state index in [0.717, 1.165) is 33.9 Å². The largest absolute Gasteiger partial charge is 0.311 e. The quantitative estimate of drug-likeness (QED) is 0.730. The number of aryl methyl sites for hydroxylation is 3. The maximum Gasteiger partial charge on any atom is 0.262 e. The van der Waals surface area contributed by atoms with Gasteiger partial charge >= 0.3 is 0 Å². The van der Waals surface area contributed by atoms with Crippen LogP contribution in [-0.4, -0.2) is 25.2 Å². The number of carbonyl (C=O) groups excluding carboxylic acids is 1. The standard InChI is InChI=1S/C19H23N5O2S/c1-12-13(2)27-18-17(12)19(26)23(11-20-18)10-8-16(25)22-15-7-9-21-24(15)14-5-3-4-6-14/h7,9,11,14H,3-6,8,10H2,1-2H3,(H,22,25). The smallest absolute Gasteiger partial charge is 0.262 e. The molecule has 3 aromatic heterocycles. The average Bonchev–Trinajstić information content (AvgIpc) is 3.36. The molecule has 0 radical (unpaired) electrons. The number of hydrogen-bond acceptors (Lipinski definition) is 5. The third-order valence-corrected chi connectivity index (χ3v) is 6.46. The van der Waals surface area contributed by atoms with E-state index in [1.54, 1.807) is 6.20 Å². The zero-order chi connectivity index (χ0) is 19.0. The minimum atomic E-state index is -0.125. The Morgan fingerprint density at radius 2 is 2.11 bits per heavy atom. The van der Waals surface area contributed by atoms with Gasteiger partial charge < -0.3 is 5.32 Å². The fourth-order valence-electron chi connectivity index (χ4n) is 3.71. The van der Waals surface area contributed by atoms with Gasteiger partial charge in [-0.05, 0) is 32.3 Å². The molecule has 7 nitrogen and oxygen atoms in total. The zero-order valence-electron chi connectivity index (χ0n) is 15.6. The first-order valence-corrected chi connectivity index (χ1v) is 10.1. The lowest BCUT2D eigenvalue weighted by atomic mass is 10.2. The van der Waals surface area contributed by atoms with Gasteiger partial charge in [0.05, 0.1) is 24.0 Å². The van der Waals surface area contributed by atoms with Crippen LogP contribution in [0.3, 0.4) is 0 Å². The lowest BCUT2D eigenvalue weighted by Gasteiger charge is -2.14. The third-order valence-electron chi connectivity index (χ3n) is 5.34. The van der Waals surface area contributed by atoms with E-state index in [9.17, 15) is 9.59 Å². The maximum atomic E-state index is 12.7. The Hall–Kier alpha value is -2.48. The van der Waals surface area contributed by atoms with E-state index in [1.807, 2.05) is 24.6 Å². The van der Waals surface area contributed by atoms with Crippen LogP contribution in [0.5, 0.6) is 0 Å². The highest BCUT2D eigenvalue weighted by atomic mass is 32.1. The molecule has 27 heavy (non-hydrogen) atoms. The number of carbonyl (C=O) groups is 1. The number of amides is 1. The molecule has 0 aromatic carbocycles. The zero-order valence-corrected chi connectivity index (χ0v) is 16.4. The number of thiophene rings is 1. The molecule has 3 aromatic rings. The summed E-state index contributed by atoms with van der Waals surface area (Å²) in [4.78, 5) is 31.4. The summed E-state index contributed by atoms with van der Waals surface area (Å²) in [5, 5.41) is 7.97. The first-order valence-electron chi connectivity index (χ1n) is 9.33. The van der Waals surface area contributed by atoms with Crippen LogP contribution >= 0.6 is 11.3 Å². The number of rotatable bonds is 5. The molecule has 0 aliphatic heterocycles. The first kappa shape index (κ1) is 17.9. The minimum Gasteiger partial charge on any atom is -0.311 e. The van der Waals surface area contributed by atoms with Gasteiger partial charge in [-0.2, -0.15) is 5.10 Å². The second-order valence-electron chi connectivity index (χ2n) is 7.10. The van der Waals surface area contributed by atoms with Crippen molar-refractivity contribution < 1.29 is 4.79 Å². The first-order chi connectivity index (χ1) is 13.0. The molecule has 1 amide bonds. The van der Waals surface area contributed by atoms with Crippen molar-refractivity contribution in [2.24, 2.45) is 0 Å². The Kier molecular flexibility index (Phi) is 4.82. The van der Waals surface area contributed by atoms with Crippen molar-refractivity contribution in [3.63, 3.8) is 0 Å². The molecule has 1 aliphatic carbocycles. The van der Waals surface area contributed by atoms with Crippen LogP contribution in [0, 0.1) is 13.8 Å². The predicted octanol–water partition coefficient (Wildman–Crippen LogP) is 3.42. The summed E-state index contributed by atoms with van der Waals surface area (Å²) in [7, 11) is 0. The van der Waals surface area contributed by atoms with E-state index in [-0.39, 0.29) is 17.9 Å². The molecule has 0 unspecified atom stereocenters. The summed E-state index contributed by atoms with van der Waals surface area (Å²) in [5.74, 6) is 0.608. The Labute approximate surface area is 161 Å². The molecular formula is C19H23N5O2S. The van der Waals surface area contributed by atoms with Crippen LogP contribution in [0.15, 0.2) is 23.4 Å². The van der Waals surface area contributed by atoms with Gasteiger partial charge in [-0.15, -0.1) is 11.3 Å². The molecule has 3 heterocycles. The molecule has 142 valence electrons. The van der Waals surface area contributed by atoms with Crippen LogP contribution < -0.4 is 10.9 Å². The molecule has 0 bridgehead atoms. The Balaban J connectivity index is 1.45. The van der Waals surface area contributed by atoms with Crippen molar-refractivity contribution in [3.8, 4) is 0 Å². The fourth-order valence-corrected chi connectivity index (χ4v) is 4.70. The van der Waals surface area contributed by atoms with Gasteiger partial charge in [0.2, 0.25) is 5.91 Å². The molecule has 0 saturated heterocycles. The molecule has 1 saturated carbocycles. The van der Waals surface area contributed by atoms with E-state index in [0.29, 0.717) is 18.0 Å². The SMILES string of the molecule is Cc1sc2ncn(CCC(=O)Nc3ccnn3C3CCCC3)c(=O)c2c1C. The summed E-state index contributed by atoms with van der Waals surface area (Å²) in [6.07, 6.45) is 8.09. The van der Waals surface area contributed by atoms with E-state index in [1.165, 1.54) is 35.1 Å². The summed E-state index contributed by atoms with van der Waals surface area (Å²) in [6.45, 7) is 4.24. The summed E-state index contributed by atoms with van der Waals surface area (Å²) < 4.78 is 3.44. The van der Waals surface area contributed by atoms with Gasteiger partial charge in [0.1, 0.15) is 10.6 Å². The van der Waals surface area contributed by atoms with E-state index in [4.69, 9.17) is 0 Å². The Morgan fingerprint density at radius 1 is 1.33 bits per heavy atom. The second kappa shape index (κ2) is 7.26. The van der Waals surface area contributed by atoms with Crippen molar-refractivity contribution in [2.45, 2.75) is 58.5 Å². The van der Waals surface area contributed by atoms with Gasteiger partial charge in [0, 0.05) is 23.9 Å². The van der Waals surface area contributed by atoms with Crippen molar-refractivity contribution in [2.75, 3.05) is 5.32 Å². The van der Waals surface area contributed by atoms with Crippen molar-refractivity contribution in [1.29, 1.82) is 0 Å². The average molecular weight is 385 g/mol. The van der Waals surface area contributed by atoms with Gasteiger partial charge in [-0.1, -0.05) is 12.8 Å². The van der Waals surface area contributed by atoms with Crippen LogP contribution in [0.25, 0.3) is 10.2 Å². The number of hydrogen-bond donors (Lipinski definition) is 1. The molecule has 0 atom stereocenters. The lowest BCUT2D eigenvalue weighted by molar-refractivity contribution is -0.116. The number of anilines is 1. The highest BCUT2D eigenvalue weighted by Gasteiger charge is 2.20. The Bertz CT molecular complexity index is 1040. The molecule has 4 rings (SSSR count). The summed E-state index contributed by atoms with van der Waals surface area (Å²) in [6, 6.07) is 2.20. The fraction of sp³-hybridized carbons (Fsp3) is 0.474. The number of nitrogens with one attached hydrogen (secondary N) is 1. The Morgan fingerprint density at radius 3 is 2.89 bits per heavy atom. The topological polar surface area (TPSA) is 81.8 Å². The molecular weight excluding hydrogens is 362 g/mol. The minimum absolute atomic E-state index is 0.0781. The van der Waals surface area contributed by atoms with Gasteiger partial charge in [-0.25, -0.2) is 9.67 Å². The van der Waals surface area contributed by atoms with E-state index in [2.05, 4.69) is 15.4 Å². The number of fused-ring (bicyclic) bond motifs is 1. The number of aromatic nitrogens is 4. The molecule has 1 N–H and O–H groups in total. The normalized spacial score (nSPS) is 14.9. The van der Waals surface area contributed by atoms with Crippen LogP contribution in [0.2, 0.25) is 0 Å². The summed E-state index contributed by atoms with van der Waals surface area (Å²) in [5.41, 5.74) is 0.900. The lowest BCUT2D eigenvalue weighted by Crippen LogP contribution is -2.24. The monoisotopic (exact) mass is 385 g/mol. The predicted molar refractivity (Wildman–Crippen MR) is 106 cm³/mol. The third kappa shape index (κ3) is 3.41. The number of nitrogens with zero attached hydrogens (tertiary/aromatic N) is 4. The molecule has 0 spiro atoms. The molecule has 8 heteroatoms. The van der Waals surface area contributed by atoms with Crippen molar-refractivity contribution in [3.05, 3.63) is 39.4 Å². The van der Waals surface area contributed by atoms with Crippen LogP contribution in [0.4, 0.5) is 5.82 Å². The summed E-state index contributed by atoms with van der Waals surface area (Å²) >= 11 is 1.53. The second-order valence-corrected chi connectivity index (χ2v) is 8.31. The van der Waals surface area contributed by atoms with Gasteiger partial charge in [0.25, 0.3) is 5.56 Å².